The molecule has 1 aliphatic rings. The molecule has 3 heterocycles. The minimum Gasteiger partial charge on any atom is -0.378 e. The molecule has 0 radical (unpaired) electrons. The van der Waals surface area contributed by atoms with Gasteiger partial charge in [0.1, 0.15) is 11.5 Å². The number of ether oxygens (including phenoxy) is 1. The fourth-order valence-corrected chi connectivity index (χ4v) is 5.83. The smallest absolute Gasteiger partial charge is 0.323 e. The van der Waals surface area contributed by atoms with E-state index in [0.717, 1.165) is 27.9 Å². The van der Waals surface area contributed by atoms with Crippen LogP contribution in [0.1, 0.15) is 10.5 Å². The molecular formula is C34H33N7O5S. The largest absolute Gasteiger partial charge is 0.378 e. The predicted molar refractivity (Wildman–Crippen MR) is 181 cm³/mol. The molecule has 1 fully saturated rings. The van der Waals surface area contributed by atoms with Gasteiger partial charge >= 0.3 is 6.03 Å². The summed E-state index contributed by atoms with van der Waals surface area (Å²) in [4.78, 5) is 42.6. The highest BCUT2D eigenvalue weighted by molar-refractivity contribution is 7.90. The van der Waals surface area contributed by atoms with Crippen LogP contribution in [0.25, 0.3) is 33.4 Å². The van der Waals surface area contributed by atoms with Crippen molar-refractivity contribution < 1.29 is 22.7 Å². The highest BCUT2D eigenvalue weighted by Gasteiger charge is 2.19. The Morgan fingerprint density at radius 2 is 1.51 bits per heavy atom. The number of anilines is 3. The van der Waals surface area contributed by atoms with Gasteiger partial charge in [-0.2, -0.15) is 0 Å². The molecule has 47 heavy (non-hydrogen) atoms. The third-order valence-corrected chi connectivity index (χ3v) is 8.74. The number of benzene rings is 3. The van der Waals surface area contributed by atoms with E-state index in [1.807, 2.05) is 36.4 Å². The van der Waals surface area contributed by atoms with Gasteiger partial charge in [0.25, 0.3) is 5.91 Å². The van der Waals surface area contributed by atoms with Gasteiger partial charge in [0, 0.05) is 50.1 Å². The maximum Gasteiger partial charge on any atom is 0.323 e. The average Bonchev–Trinajstić information content (AvgIpc) is 3.08. The Bertz CT molecular complexity index is 2060. The number of carbonyl (C=O) groups excluding carboxylic acids is 2. The fraction of sp³-hybridized carbons (Fsp3) is 0.206. The number of nitrogens with one attached hydrogen (secondary N) is 2. The molecule has 0 saturated carbocycles. The molecular weight excluding hydrogens is 618 g/mol. The van der Waals surface area contributed by atoms with Crippen LogP contribution in [0.4, 0.5) is 22.0 Å². The molecule has 12 nitrogen and oxygen atoms in total. The molecule has 1 saturated heterocycles. The zero-order chi connectivity index (χ0) is 33.1. The lowest BCUT2D eigenvalue weighted by Gasteiger charge is -2.29. The van der Waals surface area contributed by atoms with E-state index in [4.69, 9.17) is 14.7 Å². The van der Waals surface area contributed by atoms with E-state index in [9.17, 15) is 18.0 Å². The standard InChI is InChI=1S/C34H33N7O5S/c1-40(2)33(42)29-14-12-26(21-35-29)37-34(43)36-25-10-7-22(8-11-25)31-38-30-20-24(23-5-4-6-27(19-23)47(3,44)45)9-13-28(30)32(39-31)41-15-17-46-18-16-41/h4-14,19-21H,15-18H2,1-3H3,(H2,36,37,43). The number of morpholine rings is 1. The molecule has 5 aromatic rings. The van der Waals surface area contributed by atoms with Crippen molar-refractivity contribution >= 4 is 49.9 Å². The van der Waals surface area contributed by atoms with E-state index in [-0.39, 0.29) is 16.5 Å². The maximum atomic E-state index is 12.7. The van der Waals surface area contributed by atoms with Crippen molar-refractivity contribution in [3.05, 3.63) is 90.8 Å². The molecule has 2 N–H and O–H groups in total. The highest BCUT2D eigenvalue weighted by Crippen LogP contribution is 2.32. The van der Waals surface area contributed by atoms with Gasteiger partial charge in [0.2, 0.25) is 0 Å². The molecule has 13 heteroatoms. The summed E-state index contributed by atoms with van der Waals surface area (Å²) >= 11 is 0. The van der Waals surface area contributed by atoms with E-state index >= 15 is 0 Å². The van der Waals surface area contributed by atoms with E-state index < -0.39 is 15.9 Å². The first kappa shape index (κ1) is 31.6. The lowest BCUT2D eigenvalue weighted by molar-refractivity contribution is 0.0822. The third kappa shape index (κ3) is 7.21. The second kappa shape index (κ2) is 13.1. The normalized spacial score (nSPS) is 13.3. The Kier molecular flexibility index (Phi) is 8.83. The van der Waals surface area contributed by atoms with Crippen molar-refractivity contribution in [1.82, 2.24) is 19.9 Å². The van der Waals surface area contributed by atoms with E-state index in [2.05, 4.69) is 20.5 Å². The fourth-order valence-electron chi connectivity index (χ4n) is 5.16. The van der Waals surface area contributed by atoms with Crippen LogP contribution >= 0.6 is 0 Å². The van der Waals surface area contributed by atoms with Crippen LogP contribution in [0.3, 0.4) is 0 Å². The second-order valence-corrected chi connectivity index (χ2v) is 13.3. The lowest BCUT2D eigenvalue weighted by atomic mass is 10.0. The second-order valence-electron chi connectivity index (χ2n) is 11.3. The molecule has 3 aromatic carbocycles. The number of amides is 3. The summed E-state index contributed by atoms with van der Waals surface area (Å²) in [6.07, 6.45) is 2.62. The zero-order valence-electron chi connectivity index (χ0n) is 26.1. The Morgan fingerprint density at radius 1 is 0.830 bits per heavy atom. The van der Waals surface area contributed by atoms with Crippen LogP contribution in [0.2, 0.25) is 0 Å². The van der Waals surface area contributed by atoms with Gasteiger partial charge in [-0.05, 0) is 71.8 Å². The van der Waals surface area contributed by atoms with Crippen LogP contribution in [0.5, 0.6) is 0 Å². The highest BCUT2D eigenvalue weighted by atomic mass is 32.2. The number of carbonyl (C=O) groups is 2. The van der Waals surface area contributed by atoms with Gasteiger partial charge in [-0.15, -0.1) is 0 Å². The molecule has 6 rings (SSSR count). The summed E-state index contributed by atoms with van der Waals surface area (Å²) in [5.41, 5.74) is 4.35. The van der Waals surface area contributed by atoms with Crippen molar-refractivity contribution in [3.8, 4) is 22.5 Å². The number of aromatic nitrogens is 3. The monoisotopic (exact) mass is 651 g/mol. The Hall–Kier alpha value is -5.40. The summed E-state index contributed by atoms with van der Waals surface area (Å²) in [5, 5.41) is 6.39. The quantitative estimate of drug-likeness (QED) is 0.250. The molecule has 0 bridgehead atoms. The summed E-state index contributed by atoms with van der Waals surface area (Å²) < 4.78 is 30.0. The van der Waals surface area contributed by atoms with Crippen LogP contribution in [-0.4, -0.2) is 86.9 Å². The molecule has 0 spiro atoms. The van der Waals surface area contributed by atoms with Crippen LogP contribution in [0, 0.1) is 0 Å². The number of urea groups is 1. The molecule has 0 aliphatic carbocycles. The number of sulfone groups is 1. The van der Waals surface area contributed by atoms with Crippen molar-refractivity contribution in [2.45, 2.75) is 4.90 Å². The molecule has 240 valence electrons. The zero-order valence-corrected chi connectivity index (χ0v) is 26.9. The van der Waals surface area contributed by atoms with Crippen molar-refractivity contribution in [2.75, 3.05) is 62.2 Å². The number of hydrogen-bond acceptors (Lipinski definition) is 9. The molecule has 0 unspecified atom stereocenters. The lowest BCUT2D eigenvalue weighted by Crippen LogP contribution is -2.37. The van der Waals surface area contributed by atoms with Crippen molar-refractivity contribution in [3.63, 3.8) is 0 Å². The number of fused-ring (bicyclic) bond motifs is 1. The SMILES string of the molecule is CN(C)C(=O)c1ccc(NC(=O)Nc2ccc(-c3nc(N4CCOCC4)c4ccc(-c5cccc(S(C)(=O)=O)c5)cc4n3)cc2)cn1. The van der Waals surface area contributed by atoms with Gasteiger partial charge in [-0.3, -0.25) is 4.79 Å². The first-order valence-electron chi connectivity index (χ1n) is 14.9. The minimum absolute atomic E-state index is 0.228. The van der Waals surface area contributed by atoms with E-state index in [1.54, 1.807) is 56.6 Å². The summed E-state index contributed by atoms with van der Waals surface area (Å²) in [6, 6.07) is 22.6. The van der Waals surface area contributed by atoms with Gasteiger partial charge in [-0.25, -0.2) is 28.2 Å². The first-order valence-corrected chi connectivity index (χ1v) is 16.8. The Balaban J connectivity index is 1.26. The van der Waals surface area contributed by atoms with E-state index in [1.165, 1.54) is 17.4 Å². The Morgan fingerprint density at radius 3 is 2.19 bits per heavy atom. The summed E-state index contributed by atoms with van der Waals surface area (Å²) in [6.45, 7) is 2.56. The summed E-state index contributed by atoms with van der Waals surface area (Å²) in [5.74, 6) is 1.07. The Labute approximate surface area is 272 Å². The van der Waals surface area contributed by atoms with E-state index in [0.29, 0.717) is 49.0 Å². The van der Waals surface area contributed by atoms with Crippen molar-refractivity contribution in [2.24, 2.45) is 0 Å². The molecule has 2 aromatic heterocycles. The van der Waals surface area contributed by atoms with Gasteiger partial charge in [0.05, 0.1) is 35.5 Å². The third-order valence-electron chi connectivity index (χ3n) is 7.63. The van der Waals surface area contributed by atoms with Crippen LogP contribution in [-0.2, 0) is 14.6 Å². The number of pyridine rings is 1. The first-order chi connectivity index (χ1) is 22.5. The number of hydrogen-bond donors (Lipinski definition) is 2. The predicted octanol–water partition coefficient (Wildman–Crippen LogP) is 4.94. The van der Waals surface area contributed by atoms with Crippen molar-refractivity contribution in [1.29, 1.82) is 0 Å². The van der Waals surface area contributed by atoms with Gasteiger partial charge < -0.3 is 25.2 Å². The molecule has 3 amide bonds. The molecule has 1 aliphatic heterocycles. The van der Waals surface area contributed by atoms with Gasteiger partial charge in [-0.1, -0.05) is 18.2 Å². The van der Waals surface area contributed by atoms with Gasteiger partial charge in [0.15, 0.2) is 15.7 Å². The van der Waals surface area contributed by atoms with Crippen LogP contribution < -0.4 is 15.5 Å². The maximum absolute atomic E-state index is 12.7. The average molecular weight is 652 g/mol. The topological polar surface area (TPSA) is 147 Å². The minimum atomic E-state index is -3.36. The summed E-state index contributed by atoms with van der Waals surface area (Å²) in [7, 11) is -0.0760. The molecule has 0 atom stereocenters. The van der Waals surface area contributed by atoms with Crippen LogP contribution in [0.15, 0.2) is 90.0 Å². The number of rotatable bonds is 7. The number of nitrogens with zero attached hydrogens (tertiary/aromatic N) is 5.